The van der Waals surface area contributed by atoms with Gasteiger partial charge in [-0.05, 0) is 36.5 Å². The number of unbranched alkanes of at least 4 members (excludes halogenated alkanes) is 1. The number of rotatable bonds is 11. The second kappa shape index (κ2) is 11.8. The summed E-state index contributed by atoms with van der Waals surface area (Å²) in [5.74, 6) is 1.42. The van der Waals surface area contributed by atoms with Gasteiger partial charge in [0, 0.05) is 6.61 Å². The van der Waals surface area contributed by atoms with Gasteiger partial charge in [-0.15, -0.1) is 6.58 Å². The van der Waals surface area contributed by atoms with Crippen molar-refractivity contribution in [1.82, 2.24) is 0 Å². The number of allylic oxidation sites excluding steroid dienone is 1. The Hall–Kier alpha value is -1.44. The van der Waals surface area contributed by atoms with E-state index in [9.17, 15) is 15.3 Å². The van der Waals surface area contributed by atoms with Crippen LogP contribution >= 0.6 is 0 Å². The zero-order valence-corrected chi connectivity index (χ0v) is 17.7. The van der Waals surface area contributed by atoms with Crippen molar-refractivity contribution in [1.29, 1.82) is 0 Å². The monoisotopic (exact) mass is 420 g/mol. The minimum atomic E-state index is -1.23. The molecule has 1 heterocycles. The van der Waals surface area contributed by atoms with Gasteiger partial charge in [0.1, 0.15) is 30.2 Å². The molecule has 2 fully saturated rings. The van der Waals surface area contributed by atoms with Crippen LogP contribution in [-0.2, 0) is 15.9 Å². The predicted octanol–water partition coefficient (Wildman–Crippen LogP) is 2.98. The minimum Gasteiger partial charge on any atom is -0.462 e. The maximum Gasteiger partial charge on any atom is 0.229 e. The highest BCUT2D eigenvalue weighted by Crippen LogP contribution is 2.30. The van der Waals surface area contributed by atoms with E-state index in [1.807, 2.05) is 30.3 Å². The van der Waals surface area contributed by atoms with Crippen LogP contribution in [-0.4, -0.2) is 59.2 Å². The van der Waals surface area contributed by atoms with Gasteiger partial charge in [0.05, 0.1) is 6.61 Å². The molecule has 3 N–H and O–H groups in total. The lowest BCUT2D eigenvalue weighted by Crippen LogP contribution is -2.61. The van der Waals surface area contributed by atoms with Crippen LogP contribution < -0.4 is 4.74 Å². The summed E-state index contributed by atoms with van der Waals surface area (Å²) >= 11 is 0. The molecule has 0 unspecified atom stereocenters. The van der Waals surface area contributed by atoms with Crippen molar-refractivity contribution >= 4 is 0 Å². The zero-order chi connectivity index (χ0) is 21.3. The smallest absolute Gasteiger partial charge is 0.229 e. The van der Waals surface area contributed by atoms with Gasteiger partial charge in [0.2, 0.25) is 6.29 Å². The Balaban J connectivity index is 1.55. The summed E-state index contributed by atoms with van der Waals surface area (Å²) in [5.41, 5.74) is 1.11. The van der Waals surface area contributed by atoms with Crippen molar-refractivity contribution in [3.8, 4) is 5.75 Å². The van der Waals surface area contributed by atoms with Crippen LogP contribution in [0.4, 0.5) is 0 Å². The Kier molecular flexibility index (Phi) is 9.15. The van der Waals surface area contributed by atoms with E-state index in [1.165, 1.54) is 32.1 Å². The molecule has 1 aromatic carbocycles. The maximum absolute atomic E-state index is 10.6. The van der Waals surface area contributed by atoms with E-state index in [1.54, 1.807) is 0 Å². The Morgan fingerprint density at radius 2 is 1.80 bits per heavy atom. The maximum atomic E-state index is 10.6. The summed E-state index contributed by atoms with van der Waals surface area (Å²) in [6, 6.07) is 7.53. The first-order valence-electron chi connectivity index (χ1n) is 11.2. The van der Waals surface area contributed by atoms with E-state index >= 15 is 0 Å². The molecule has 1 saturated carbocycles. The van der Waals surface area contributed by atoms with E-state index in [-0.39, 0.29) is 0 Å². The highest BCUT2D eigenvalue weighted by molar-refractivity contribution is 5.28. The van der Waals surface area contributed by atoms with Crippen molar-refractivity contribution < 1.29 is 29.5 Å². The molecule has 0 bridgehead atoms. The topological polar surface area (TPSA) is 88.4 Å². The Morgan fingerprint density at radius 1 is 1.07 bits per heavy atom. The van der Waals surface area contributed by atoms with E-state index in [0.717, 1.165) is 30.7 Å². The third-order valence-electron chi connectivity index (χ3n) is 6.17. The lowest BCUT2D eigenvalue weighted by Gasteiger charge is -2.41. The molecule has 30 heavy (non-hydrogen) atoms. The summed E-state index contributed by atoms with van der Waals surface area (Å²) in [7, 11) is 0. The molecule has 0 spiro atoms. The molecule has 0 radical (unpaired) electrons. The van der Waals surface area contributed by atoms with Gasteiger partial charge >= 0.3 is 0 Å². The zero-order valence-electron chi connectivity index (χ0n) is 17.7. The summed E-state index contributed by atoms with van der Waals surface area (Å²) < 4.78 is 17.6. The van der Waals surface area contributed by atoms with Crippen molar-refractivity contribution in [2.75, 3.05) is 13.2 Å². The second-order valence-corrected chi connectivity index (χ2v) is 8.44. The number of hydrogen-bond acceptors (Lipinski definition) is 6. The molecule has 6 heteroatoms. The van der Waals surface area contributed by atoms with E-state index in [2.05, 4.69) is 6.58 Å². The molecule has 1 aromatic rings. The van der Waals surface area contributed by atoms with Crippen LogP contribution in [0.1, 0.15) is 50.5 Å². The molecule has 5 atom stereocenters. The van der Waals surface area contributed by atoms with Gasteiger partial charge in [-0.1, -0.05) is 56.7 Å². The SMILES string of the molecule is C=CCc1ccc(O[C@@H]2O[C@H](CO)[C@@H](O)[C@H](O)[C@H]2OCCCCC2CCCC2)cc1. The fourth-order valence-corrected chi connectivity index (χ4v) is 4.39. The summed E-state index contributed by atoms with van der Waals surface area (Å²) in [4.78, 5) is 0. The molecule has 0 amide bonds. The van der Waals surface area contributed by atoms with Crippen molar-refractivity contribution in [2.45, 2.75) is 82.1 Å². The first-order valence-corrected chi connectivity index (χ1v) is 11.2. The van der Waals surface area contributed by atoms with Crippen LogP contribution in [0.15, 0.2) is 36.9 Å². The Labute approximate surface area is 179 Å². The number of aliphatic hydroxyl groups excluding tert-OH is 3. The quantitative estimate of drug-likeness (QED) is 0.377. The molecule has 3 rings (SSSR count). The summed E-state index contributed by atoms with van der Waals surface area (Å²) in [6.45, 7) is 3.79. The summed E-state index contributed by atoms with van der Waals surface area (Å²) in [6.07, 6.45) is 6.09. The number of aliphatic hydroxyl groups is 3. The van der Waals surface area contributed by atoms with E-state index in [0.29, 0.717) is 12.4 Å². The minimum absolute atomic E-state index is 0.412. The highest BCUT2D eigenvalue weighted by Gasteiger charge is 2.46. The molecule has 6 nitrogen and oxygen atoms in total. The first-order chi connectivity index (χ1) is 14.6. The molecule has 1 aliphatic heterocycles. The Morgan fingerprint density at radius 3 is 2.47 bits per heavy atom. The van der Waals surface area contributed by atoms with Gasteiger partial charge < -0.3 is 29.5 Å². The van der Waals surface area contributed by atoms with Crippen molar-refractivity contribution in [3.63, 3.8) is 0 Å². The molecule has 1 saturated heterocycles. The number of benzene rings is 1. The molecular formula is C24H36O6. The molecule has 0 aromatic heterocycles. The highest BCUT2D eigenvalue weighted by atomic mass is 16.7. The average molecular weight is 421 g/mol. The van der Waals surface area contributed by atoms with E-state index in [4.69, 9.17) is 14.2 Å². The van der Waals surface area contributed by atoms with Crippen LogP contribution in [0.3, 0.4) is 0 Å². The second-order valence-electron chi connectivity index (χ2n) is 8.44. The fraction of sp³-hybridized carbons (Fsp3) is 0.667. The molecular weight excluding hydrogens is 384 g/mol. The van der Waals surface area contributed by atoms with Gasteiger partial charge in [0.15, 0.2) is 0 Å². The van der Waals surface area contributed by atoms with Crippen LogP contribution in [0, 0.1) is 5.92 Å². The standard InChI is InChI=1S/C24H36O6/c1-2-7-17-11-13-19(14-12-17)29-24-23(22(27)21(26)20(16-25)30-24)28-15-6-5-10-18-8-3-4-9-18/h2,11-14,18,20-27H,1,3-10,15-16H2/t20-,21-,22+,23-,24-/m1/s1. The van der Waals surface area contributed by atoms with Gasteiger partial charge in [-0.2, -0.15) is 0 Å². The third-order valence-corrected chi connectivity index (χ3v) is 6.17. The van der Waals surface area contributed by atoms with Crippen molar-refractivity contribution in [2.24, 2.45) is 5.92 Å². The number of hydrogen-bond donors (Lipinski definition) is 3. The van der Waals surface area contributed by atoms with Gasteiger partial charge in [0.25, 0.3) is 0 Å². The lowest BCUT2D eigenvalue weighted by atomic mass is 9.98. The lowest BCUT2D eigenvalue weighted by molar-refractivity contribution is -0.287. The van der Waals surface area contributed by atoms with Crippen molar-refractivity contribution in [3.05, 3.63) is 42.5 Å². The predicted molar refractivity (Wildman–Crippen MR) is 114 cm³/mol. The molecule has 1 aliphatic carbocycles. The largest absolute Gasteiger partial charge is 0.462 e. The van der Waals surface area contributed by atoms with Crippen LogP contribution in [0.25, 0.3) is 0 Å². The molecule has 2 aliphatic rings. The molecule has 168 valence electrons. The van der Waals surface area contributed by atoms with Crippen LogP contribution in [0.5, 0.6) is 5.75 Å². The summed E-state index contributed by atoms with van der Waals surface area (Å²) in [5, 5.41) is 30.3. The van der Waals surface area contributed by atoms with Gasteiger partial charge in [-0.3, -0.25) is 0 Å². The first kappa shape index (κ1) is 23.2. The van der Waals surface area contributed by atoms with Gasteiger partial charge in [-0.25, -0.2) is 0 Å². The fourth-order valence-electron chi connectivity index (χ4n) is 4.39. The third kappa shape index (κ3) is 6.28. The Bertz CT molecular complexity index is 627. The van der Waals surface area contributed by atoms with E-state index < -0.39 is 37.3 Å². The van der Waals surface area contributed by atoms with Crippen LogP contribution in [0.2, 0.25) is 0 Å². The number of ether oxygens (including phenoxy) is 3. The normalized spacial score (nSPS) is 29.8. The average Bonchev–Trinajstić information content (AvgIpc) is 3.27.